The van der Waals surface area contributed by atoms with Gasteiger partial charge in [-0.2, -0.15) is 0 Å². The van der Waals surface area contributed by atoms with Crippen molar-refractivity contribution >= 4 is 29.9 Å². The molecule has 0 radical (unpaired) electrons. The third kappa shape index (κ3) is 7.21. The lowest BCUT2D eigenvalue weighted by molar-refractivity contribution is 0.119. The maximum atomic E-state index is 4.42. The molecule has 2 aliphatic rings. The number of piperidine rings is 1. The fourth-order valence-electron chi connectivity index (χ4n) is 4.50. The molecule has 1 saturated heterocycles. The summed E-state index contributed by atoms with van der Waals surface area (Å²) in [6, 6.07) is 1.42. The molecule has 2 heterocycles. The largest absolute Gasteiger partial charge is 0.356 e. The summed E-state index contributed by atoms with van der Waals surface area (Å²) in [5.41, 5.74) is 0. The SMILES string of the molecule is CN=C(NCCCCn1ccnc1C)NC1CCN(C2CCCCC2)CC1.I. The van der Waals surface area contributed by atoms with E-state index >= 15 is 0 Å². The highest BCUT2D eigenvalue weighted by molar-refractivity contribution is 14.0. The van der Waals surface area contributed by atoms with Crippen LogP contribution in [-0.2, 0) is 6.54 Å². The molecule has 28 heavy (non-hydrogen) atoms. The Morgan fingerprint density at radius 2 is 1.89 bits per heavy atom. The second-order valence-electron chi connectivity index (χ2n) is 8.12. The minimum absolute atomic E-state index is 0. The van der Waals surface area contributed by atoms with E-state index in [1.165, 1.54) is 58.0 Å². The van der Waals surface area contributed by atoms with Gasteiger partial charge in [0.15, 0.2) is 5.96 Å². The van der Waals surface area contributed by atoms with Crippen molar-refractivity contribution in [3.63, 3.8) is 0 Å². The Morgan fingerprint density at radius 3 is 2.54 bits per heavy atom. The summed E-state index contributed by atoms with van der Waals surface area (Å²) in [6.07, 6.45) is 15.8. The van der Waals surface area contributed by atoms with Gasteiger partial charge in [-0.15, -0.1) is 24.0 Å². The van der Waals surface area contributed by atoms with Crippen LogP contribution in [0.3, 0.4) is 0 Å². The predicted molar refractivity (Wildman–Crippen MR) is 128 cm³/mol. The van der Waals surface area contributed by atoms with E-state index in [0.29, 0.717) is 6.04 Å². The van der Waals surface area contributed by atoms with Crippen molar-refractivity contribution in [1.82, 2.24) is 25.1 Å². The highest BCUT2D eigenvalue weighted by Gasteiger charge is 2.26. The number of unbranched alkanes of at least 4 members (excludes halogenated alkanes) is 1. The summed E-state index contributed by atoms with van der Waals surface area (Å²) >= 11 is 0. The molecule has 2 N–H and O–H groups in total. The van der Waals surface area contributed by atoms with E-state index < -0.39 is 0 Å². The summed E-state index contributed by atoms with van der Waals surface area (Å²) in [4.78, 5) is 11.4. The molecule has 0 bridgehead atoms. The Labute approximate surface area is 188 Å². The van der Waals surface area contributed by atoms with Gasteiger partial charge in [0.1, 0.15) is 5.82 Å². The molecule has 0 unspecified atom stereocenters. The van der Waals surface area contributed by atoms with Gasteiger partial charge in [-0.1, -0.05) is 19.3 Å². The molecule has 1 aliphatic carbocycles. The van der Waals surface area contributed by atoms with Gasteiger partial charge in [-0.05, 0) is 45.4 Å². The van der Waals surface area contributed by atoms with E-state index in [0.717, 1.165) is 43.8 Å². The fraction of sp³-hybridized carbons (Fsp3) is 0.810. The van der Waals surface area contributed by atoms with Gasteiger partial charge < -0.3 is 20.1 Å². The van der Waals surface area contributed by atoms with Crippen LogP contribution in [0, 0.1) is 6.92 Å². The quantitative estimate of drug-likeness (QED) is 0.259. The van der Waals surface area contributed by atoms with Crippen molar-refractivity contribution < 1.29 is 0 Å². The number of aryl methyl sites for hydroxylation is 2. The van der Waals surface area contributed by atoms with Gasteiger partial charge in [0.25, 0.3) is 0 Å². The lowest BCUT2D eigenvalue weighted by atomic mass is 9.92. The van der Waals surface area contributed by atoms with E-state index in [1.54, 1.807) is 0 Å². The molecule has 1 aliphatic heterocycles. The van der Waals surface area contributed by atoms with E-state index in [-0.39, 0.29) is 24.0 Å². The Hall–Kier alpha value is -0.830. The Morgan fingerprint density at radius 1 is 1.14 bits per heavy atom. The molecule has 0 aromatic carbocycles. The number of aliphatic imine (C=N–C) groups is 1. The number of nitrogens with one attached hydrogen (secondary N) is 2. The average molecular weight is 502 g/mol. The number of rotatable bonds is 7. The molecule has 0 spiro atoms. The number of guanidine groups is 1. The first-order valence-electron chi connectivity index (χ1n) is 10.9. The molecule has 2 fully saturated rings. The summed E-state index contributed by atoms with van der Waals surface area (Å²) in [6.45, 7) is 6.55. The molecule has 3 rings (SSSR count). The van der Waals surface area contributed by atoms with Crippen molar-refractivity contribution in [3.05, 3.63) is 18.2 Å². The van der Waals surface area contributed by atoms with Crippen LogP contribution in [0.2, 0.25) is 0 Å². The number of hydrogen-bond donors (Lipinski definition) is 2. The van der Waals surface area contributed by atoms with Crippen LogP contribution in [0.5, 0.6) is 0 Å². The minimum atomic E-state index is 0. The van der Waals surface area contributed by atoms with Crippen molar-refractivity contribution in [2.45, 2.75) is 83.3 Å². The molecule has 6 nitrogen and oxygen atoms in total. The van der Waals surface area contributed by atoms with Crippen molar-refractivity contribution in [2.75, 3.05) is 26.7 Å². The first-order chi connectivity index (χ1) is 13.3. The number of nitrogens with zero attached hydrogens (tertiary/aromatic N) is 4. The number of aromatic nitrogens is 2. The number of halogens is 1. The molecule has 160 valence electrons. The van der Waals surface area contributed by atoms with Gasteiger partial charge >= 0.3 is 0 Å². The van der Waals surface area contributed by atoms with Gasteiger partial charge in [-0.3, -0.25) is 4.99 Å². The molecule has 1 aromatic rings. The molecule has 7 heteroatoms. The third-order valence-electron chi connectivity index (χ3n) is 6.23. The Kier molecular flexibility index (Phi) is 10.6. The molecular weight excluding hydrogens is 463 g/mol. The van der Waals surface area contributed by atoms with Crippen LogP contribution >= 0.6 is 24.0 Å². The second kappa shape index (κ2) is 12.7. The summed E-state index contributed by atoms with van der Waals surface area (Å²) < 4.78 is 2.22. The lowest BCUT2D eigenvalue weighted by Gasteiger charge is -2.39. The average Bonchev–Trinajstić information content (AvgIpc) is 3.13. The summed E-state index contributed by atoms with van der Waals surface area (Å²) in [5, 5.41) is 7.13. The topological polar surface area (TPSA) is 57.5 Å². The zero-order valence-corrected chi connectivity index (χ0v) is 20.0. The fourth-order valence-corrected chi connectivity index (χ4v) is 4.50. The second-order valence-corrected chi connectivity index (χ2v) is 8.12. The van der Waals surface area contributed by atoms with Gasteiger partial charge in [0.05, 0.1) is 0 Å². The summed E-state index contributed by atoms with van der Waals surface area (Å²) in [7, 11) is 1.88. The van der Waals surface area contributed by atoms with Crippen LogP contribution in [0.1, 0.15) is 63.6 Å². The predicted octanol–water partition coefficient (Wildman–Crippen LogP) is 3.55. The molecule has 0 atom stereocenters. The lowest BCUT2D eigenvalue weighted by Crippen LogP contribution is -2.51. The van der Waals surface area contributed by atoms with E-state index in [9.17, 15) is 0 Å². The first-order valence-corrected chi connectivity index (χ1v) is 10.9. The zero-order chi connectivity index (χ0) is 18.9. The molecule has 1 aromatic heterocycles. The van der Waals surface area contributed by atoms with Gasteiger partial charge in [0, 0.05) is 57.7 Å². The van der Waals surface area contributed by atoms with Crippen LogP contribution in [0.25, 0.3) is 0 Å². The normalized spacial score (nSPS) is 20.0. The monoisotopic (exact) mass is 502 g/mol. The van der Waals surface area contributed by atoms with Crippen LogP contribution < -0.4 is 10.6 Å². The maximum Gasteiger partial charge on any atom is 0.191 e. The van der Waals surface area contributed by atoms with Crippen LogP contribution in [0.4, 0.5) is 0 Å². The smallest absolute Gasteiger partial charge is 0.191 e. The van der Waals surface area contributed by atoms with Gasteiger partial charge in [0.2, 0.25) is 0 Å². The van der Waals surface area contributed by atoms with E-state index in [1.807, 2.05) is 13.2 Å². The van der Waals surface area contributed by atoms with E-state index in [4.69, 9.17) is 0 Å². The molecule has 0 amide bonds. The maximum absolute atomic E-state index is 4.42. The standard InChI is InChI=1S/C21H38N6.HI/c1-18-23-13-17-26(18)14-7-6-12-24-21(22-2)25-19-10-15-27(16-11-19)20-8-4-3-5-9-20;/h13,17,19-20H,3-12,14-16H2,1-2H3,(H2,22,24,25);1H. The van der Waals surface area contributed by atoms with E-state index in [2.05, 4.69) is 43.2 Å². The first kappa shape index (κ1) is 23.4. The number of hydrogen-bond acceptors (Lipinski definition) is 3. The van der Waals surface area contributed by atoms with Crippen molar-refractivity contribution in [1.29, 1.82) is 0 Å². The molecular formula is C21H39IN6. The van der Waals surface area contributed by atoms with Crippen LogP contribution in [-0.4, -0.2) is 59.2 Å². The van der Waals surface area contributed by atoms with Gasteiger partial charge in [-0.25, -0.2) is 4.98 Å². The number of imidazole rings is 1. The zero-order valence-electron chi connectivity index (χ0n) is 17.7. The van der Waals surface area contributed by atoms with Crippen molar-refractivity contribution in [2.24, 2.45) is 4.99 Å². The summed E-state index contributed by atoms with van der Waals surface area (Å²) in [5.74, 6) is 2.06. The Bertz CT molecular complexity index is 573. The highest BCUT2D eigenvalue weighted by atomic mass is 127. The molecule has 1 saturated carbocycles. The van der Waals surface area contributed by atoms with Crippen LogP contribution in [0.15, 0.2) is 17.4 Å². The third-order valence-corrected chi connectivity index (χ3v) is 6.23. The van der Waals surface area contributed by atoms with Crippen molar-refractivity contribution in [3.8, 4) is 0 Å². The highest BCUT2D eigenvalue weighted by Crippen LogP contribution is 2.25. The minimum Gasteiger partial charge on any atom is -0.356 e. The Balaban J connectivity index is 0.00000280. The number of likely N-dealkylation sites (tertiary alicyclic amines) is 1.